The highest BCUT2D eigenvalue weighted by Crippen LogP contribution is 2.62. The molecule has 0 amide bonds. The van der Waals surface area contributed by atoms with E-state index in [-0.39, 0.29) is 15.5 Å². The molecule has 3 aliphatic carbocycles. The first-order chi connectivity index (χ1) is 16.7. The van der Waals surface area contributed by atoms with E-state index < -0.39 is 16.6 Å². The Labute approximate surface area is 233 Å². The Hall–Kier alpha value is -0.166. The van der Waals surface area contributed by atoms with Gasteiger partial charge in [0.25, 0.3) is 0 Å². The number of rotatable bonds is 7. The van der Waals surface area contributed by atoms with Crippen molar-refractivity contribution >= 4 is 16.6 Å². The van der Waals surface area contributed by atoms with E-state index >= 15 is 0 Å². The fraction of sp³-hybridized carbons (Fsp3) is 0.879. The molecule has 214 valence electrons. The van der Waals surface area contributed by atoms with Gasteiger partial charge in [0.1, 0.15) is 0 Å². The fourth-order valence-corrected chi connectivity index (χ4v) is 9.26. The molecule has 0 aromatic carbocycles. The van der Waals surface area contributed by atoms with Crippen molar-refractivity contribution in [3.63, 3.8) is 0 Å². The van der Waals surface area contributed by atoms with Crippen LogP contribution in [0.3, 0.4) is 0 Å². The lowest BCUT2D eigenvalue weighted by molar-refractivity contribution is -0.0826. The Morgan fingerprint density at radius 3 is 1.97 bits per heavy atom. The van der Waals surface area contributed by atoms with Gasteiger partial charge < -0.3 is 8.85 Å². The summed E-state index contributed by atoms with van der Waals surface area (Å²) < 4.78 is 14.0. The third-order valence-electron chi connectivity index (χ3n) is 12.5. The molecular weight excluding hydrogens is 485 g/mol. The summed E-state index contributed by atoms with van der Waals surface area (Å²) in [5, 5.41) is 0.490. The molecule has 3 aliphatic rings. The molecule has 7 atom stereocenters. The molecular formula is C33H62O2Si2. The highest BCUT2D eigenvalue weighted by Gasteiger charge is 2.56. The van der Waals surface area contributed by atoms with E-state index in [1.54, 1.807) is 0 Å². The summed E-state index contributed by atoms with van der Waals surface area (Å²) in [5.74, 6) is 3.19. The van der Waals surface area contributed by atoms with Crippen LogP contribution in [-0.4, -0.2) is 29.8 Å². The van der Waals surface area contributed by atoms with Gasteiger partial charge in [0.15, 0.2) is 16.6 Å². The lowest BCUT2D eigenvalue weighted by atomic mass is 9.49. The molecule has 0 heterocycles. The average Bonchev–Trinajstić information content (AvgIpc) is 3.06. The molecule has 2 nitrogen and oxygen atoms in total. The van der Waals surface area contributed by atoms with Crippen molar-refractivity contribution in [2.45, 2.75) is 131 Å². The third-order valence-corrected chi connectivity index (χ3v) is 21.5. The van der Waals surface area contributed by atoms with Crippen LogP contribution in [0.1, 0.15) is 94.4 Å². The maximum atomic E-state index is 7.05. The molecule has 37 heavy (non-hydrogen) atoms. The van der Waals surface area contributed by atoms with Gasteiger partial charge in [0.2, 0.25) is 0 Å². The molecule has 2 saturated carbocycles. The predicted molar refractivity (Wildman–Crippen MR) is 167 cm³/mol. The highest BCUT2D eigenvalue weighted by atomic mass is 28.4. The molecule has 2 fully saturated rings. The lowest BCUT2D eigenvalue weighted by Gasteiger charge is -2.57. The predicted octanol–water partition coefficient (Wildman–Crippen LogP) is 10.2. The zero-order valence-corrected chi connectivity index (χ0v) is 29.0. The molecule has 3 rings (SSSR count). The zero-order valence-electron chi connectivity index (χ0n) is 27.0. The molecule has 0 aliphatic heterocycles. The first kappa shape index (κ1) is 31.4. The number of hydrogen-bond donors (Lipinski definition) is 0. The van der Waals surface area contributed by atoms with Crippen LogP contribution in [0.15, 0.2) is 24.3 Å². The SMILES string of the molecule is C=C1C=C[C@H]2[C@H](CO[Si](C)(C)C(C)(C)C)[C@@H]([C@@]3(C)CC[C@H](C)C[C@@H]3CO[Si](C)(C)C(C)(C)C)CC[C@]12C. The van der Waals surface area contributed by atoms with Crippen molar-refractivity contribution in [2.75, 3.05) is 13.2 Å². The van der Waals surface area contributed by atoms with E-state index in [1.807, 2.05) is 0 Å². The quantitative estimate of drug-likeness (QED) is 0.296. The largest absolute Gasteiger partial charge is 0.417 e. The summed E-state index contributed by atoms with van der Waals surface area (Å²) >= 11 is 0. The molecule has 0 aromatic rings. The molecule has 0 N–H and O–H groups in total. The summed E-state index contributed by atoms with van der Waals surface area (Å²) in [5.41, 5.74) is 1.84. The van der Waals surface area contributed by atoms with Gasteiger partial charge in [-0.15, -0.1) is 0 Å². The van der Waals surface area contributed by atoms with Gasteiger partial charge in [-0.25, -0.2) is 0 Å². The van der Waals surface area contributed by atoms with E-state index in [0.29, 0.717) is 29.1 Å². The first-order valence-corrected chi connectivity index (χ1v) is 21.1. The van der Waals surface area contributed by atoms with Crippen molar-refractivity contribution in [3.8, 4) is 0 Å². The smallest absolute Gasteiger partial charge is 0.191 e. The van der Waals surface area contributed by atoms with Crippen molar-refractivity contribution in [2.24, 2.45) is 40.4 Å². The van der Waals surface area contributed by atoms with Gasteiger partial charge in [0, 0.05) is 13.2 Å². The summed E-state index contributed by atoms with van der Waals surface area (Å²) in [7, 11) is -3.62. The Kier molecular flexibility index (Phi) is 8.77. The van der Waals surface area contributed by atoms with Crippen molar-refractivity contribution < 1.29 is 8.85 Å². The van der Waals surface area contributed by atoms with Gasteiger partial charge in [-0.3, -0.25) is 0 Å². The molecule has 0 unspecified atom stereocenters. The minimum absolute atomic E-state index is 0.198. The van der Waals surface area contributed by atoms with E-state index in [9.17, 15) is 0 Å². The van der Waals surface area contributed by atoms with E-state index in [4.69, 9.17) is 8.85 Å². The molecule has 4 heteroatoms. The maximum Gasteiger partial charge on any atom is 0.191 e. The minimum atomic E-state index is -1.83. The van der Waals surface area contributed by atoms with E-state index in [2.05, 4.69) is 107 Å². The van der Waals surface area contributed by atoms with Crippen LogP contribution >= 0.6 is 0 Å². The second kappa shape index (κ2) is 10.3. The van der Waals surface area contributed by atoms with E-state index in [1.165, 1.54) is 37.7 Å². The van der Waals surface area contributed by atoms with Gasteiger partial charge >= 0.3 is 0 Å². The van der Waals surface area contributed by atoms with Gasteiger partial charge in [-0.05, 0) is 108 Å². The number of allylic oxidation sites excluding steroid dienone is 3. The van der Waals surface area contributed by atoms with E-state index in [0.717, 1.165) is 19.1 Å². The Morgan fingerprint density at radius 1 is 0.892 bits per heavy atom. The Bertz CT molecular complexity index is 861. The van der Waals surface area contributed by atoms with Crippen LogP contribution in [0.2, 0.25) is 36.3 Å². The molecule has 0 spiro atoms. The number of fused-ring (bicyclic) bond motifs is 1. The van der Waals surface area contributed by atoms with Crippen molar-refractivity contribution in [1.29, 1.82) is 0 Å². The van der Waals surface area contributed by atoms with Crippen molar-refractivity contribution in [1.82, 2.24) is 0 Å². The average molecular weight is 547 g/mol. The lowest BCUT2D eigenvalue weighted by Crippen LogP contribution is -2.54. The summed E-state index contributed by atoms with van der Waals surface area (Å²) in [6.07, 6.45) is 11.4. The van der Waals surface area contributed by atoms with Crippen LogP contribution in [0, 0.1) is 40.4 Å². The standard InChI is InChI=1S/C33H62O2Si2/c1-24-17-19-33(10,26(21-24)22-34-36(11,12)30(3,4)5)29-18-20-32(9)25(2)15-16-28(32)27(29)23-35-37(13,14)31(6,7)8/h15-16,24,26-29H,2,17-23H2,1,3-14H3/t24-,26+,27-,28-,29-,32+,33-/m0/s1. The van der Waals surface area contributed by atoms with Crippen LogP contribution in [0.4, 0.5) is 0 Å². The third kappa shape index (κ3) is 5.98. The topological polar surface area (TPSA) is 18.5 Å². The summed E-state index contributed by atoms with van der Waals surface area (Å²) in [6, 6.07) is 0. The monoisotopic (exact) mass is 546 g/mol. The summed E-state index contributed by atoms with van der Waals surface area (Å²) in [4.78, 5) is 0. The van der Waals surface area contributed by atoms with Crippen LogP contribution < -0.4 is 0 Å². The van der Waals surface area contributed by atoms with Gasteiger partial charge in [-0.1, -0.05) is 87.5 Å². The first-order valence-electron chi connectivity index (χ1n) is 15.3. The van der Waals surface area contributed by atoms with Crippen LogP contribution in [0.5, 0.6) is 0 Å². The van der Waals surface area contributed by atoms with Crippen LogP contribution in [0.25, 0.3) is 0 Å². The van der Waals surface area contributed by atoms with Gasteiger partial charge in [-0.2, -0.15) is 0 Å². The fourth-order valence-electron chi connectivity index (χ4n) is 7.16. The molecule has 0 saturated heterocycles. The minimum Gasteiger partial charge on any atom is -0.417 e. The number of hydrogen-bond acceptors (Lipinski definition) is 2. The Balaban J connectivity index is 1.94. The normalized spacial score (nSPS) is 37.6. The maximum absolute atomic E-state index is 7.05. The van der Waals surface area contributed by atoms with Crippen LogP contribution in [-0.2, 0) is 8.85 Å². The van der Waals surface area contributed by atoms with Gasteiger partial charge in [0.05, 0.1) is 0 Å². The highest BCUT2D eigenvalue weighted by molar-refractivity contribution is 6.74. The summed E-state index contributed by atoms with van der Waals surface area (Å²) in [6.45, 7) is 37.9. The second-order valence-electron chi connectivity index (χ2n) is 16.9. The molecule has 0 aromatic heterocycles. The zero-order chi connectivity index (χ0) is 28.2. The van der Waals surface area contributed by atoms with Crippen molar-refractivity contribution in [3.05, 3.63) is 24.3 Å². The Morgan fingerprint density at radius 2 is 1.43 bits per heavy atom. The second-order valence-corrected chi connectivity index (χ2v) is 26.5. The molecule has 0 bridgehead atoms. The molecule has 0 radical (unpaired) electrons.